The van der Waals surface area contributed by atoms with Crippen LogP contribution < -0.4 is 11.3 Å². The molecule has 1 atom stereocenters. The van der Waals surface area contributed by atoms with E-state index in [4.69, 9.17) is 12.3 Å². The van der Waals surface area contributed by atoms with Gasteiger partial charge in [-0.1, -0.05) is 32.1 Å². The Kier molecular flexibility index (Phi) is 7.29. The molecule has 0 amide bonds. The molecule has 1 rings (SSSR count). The van der Waals surface area contributed by atoms with Crippen molar-refractivity contribution in [2.24, 2.45) is 11.8 Å². The highest BCUT2D eigenvalue weighted by molar-refractivity contribution is 4.83. The molecule has 1 aliphatic rings. The van der Waals surface area contributed by atoms with Crippen LogP contribution in [-0.4, -0.2) is 6.04 Å². The van der Waals surface area contributed by atoms with E-state index in [1.165, 1.54) is 44.9 Å². The van der Waals surface area contributed by atoms with E-state index < -0.39 is 0 Å². The smallest absolute Gasteiger partial charge is 0.0211 e. The van der Waals surface area contributed by atoms with Gasteiger partial charge in [0.2, 0.25) is 0 Å². The summed E-state index contributed by atoms with van der Waals surface area (Å²) in [7, 11) is 0. The Morgan fingerprint density at radius 3 is 2.62 bits per heavy atom. The van der Waals surface area contributed by atoms with E-state index in [1.807, 2.05) is 0 Å². The fraction of sp³-hybridized carbons (Fsp3) is 0.857. The number of nitrogens with two attached hydrogens (primary N) is 1. The minimum Gasteiger partial charge on any atom is -0.271 e. The molecule has 16 heavy (non-hydrogen) atoms. The summed E-state index contributed by atoms with van der Waals surface area (Å²) in [5.41, 5.74) is 2.93. The van der Waals surface area contributed by atoms with Gasteiger partial charge in [-0.3, -0.25) is 11.3 Å². The Balaban J connectivity index is 2.09. The molecular formula is C14H26N2. The van der Waals surface area contributed by atoms with Crippen LogP contribution in [0.3, 0.4) is 0 Å². The van der Waals surface area contributed by atoms with Crippen LogP contribution in [0.4, 0.5) is 0 Å². The summed E-state index contributed by atoms with van der Waals surface area (Å²) in [6.45, 7) is 0. The van der Waals surface area contributed by atoms with Crippen molar-refractivity contribution in [3.63, 3.8) is 0 Å². The van der Waals surface area contributed by atoms with Crippen LogP contribution >= 0.6 is 0 Å². The lowest BCUT2D eigenvalue weighted by molar-refractivity contribution is 0.308. The van der Waals surface area contributed by atoms with Crippen molar-refractivity contribution < 1.29 is 0 Å². The van der Waals surface area contributed by atoms with Crippen LogP contribution in [-0.2, 0) is 0 Å². The molecule has 0 aromatic heterocycles. The lowest BCUT2D eigenvalue weighted by atomic mass is 9.85. The average molecular weight is 222 g/mol. The molecule has 0 radical (unpaired) electrons. The van der Waals surface area contributed by atoms with Crippen molar-refractivity contribution in [3.8, 4) is 12.3 Å². The van der Waals surface area contributed by atoms with Gasteiger partial charge >= 0.3 is 0 Å². The Labute approximate surface area is 100 Å². The highest BCUT2D eigenvalue weighted by atomic mass is 15.2. The second-order valence-electron chi connectivity index (χ2n) is 5.04. The van der Waals surface area contributed by atoms with Crippen LogP contribution in [0, 0.1) is 18.3 Å². The van der Waals surface area contributed by atoms with Gasteiger partial charge in [-0.05, 0) is 31.6 Å². The first-order valence-corrected chi connectivity index (χ1v) is 6.76. The van der Waals surface area contributed by atoms with Gasteiger partial charge in [0, 0.05) is 12.5 Å². The second kappa shape index (κ2) is 8.61. The molecule has 0 heterocycles. The van der Waals surface area contributed by atoms with Gasteiger partial charge in [0.05, 0.1) is 0 Å². The van der Waals surface area contributed by atoms with Crippen molar-refractivity contribution in [3.05, 3.63) is 0 Å². The Bertz CT molecular complexity index is 201. The molecule has 0 saturated heterocycles. The summed E-state index contributed by atoms with van der Waals surface area (Å²) in [5, 5.41) is 0. The Hall–Kier alpha value is -0.520. The maximum atomic E-state index is 5.57. The number of terminal acetylenes is 1. The quantitative estimate of drug-likeness (QED) is 0.301. The number of hydrogen-bond donors (Lipinski definition) is 2. The molecule has 92 valence electrons. The van der Waals surface area contributed by atoms with Gasteiger partial charge < -0.3 is 0 Å². The SMILES string of the molecule is C#CCCCC(CCC1CCCCC1)NN. The van der Waals surface area contributed by atoms with Gasteiger partial charge in [-0.25, -0.2) is 0 Å². The maximum Gasteiger partial charge on any atom is 0.0211 e. The first-order valence-electron chi connectivity index (χ1n) is 6.76. The molecule has 1 aliphatic carbocycles. The minimum atomic E-state index is 0.468. The monoisotopic (exact) mass is 222 g/mol. The fourth-order valence-corrected chi connectivity index (χ4v) is 2.67. The van der Waals surface area contributed by atoms with Crippen LogP contribution in [0.1, 0.15) is 64.2 Å². The van der Waals surface area contributed by atoms with Gasteiger partial charge in [0.1, 0.15) is 0 Å². The first kappa shape index (κ1) is 13.5. The molecule has 3 N–H and O–H groups in total. The normalized spacial score (nSPS) is 19.2. The van der Waals surface area contributed by atoms with Gasteiger partial charge in [0.15, 0.2) is 0 Å². The fourth-order valence-electron chi connectivity index (χ4n) is 2.67. The summed E-state index contributed by atoms with van der Waals surface area (Å²) in [6.07, 6.45) is 18.1. The Morgan fingerprint density at radius 2 is 2.00 bits per heavy atom. The van der Waals surface area contributed by atoms with E-state index in [-0.39, 0.29) is 0 Å². The summed E-state index contributed by atoms with van der Waals surface area (Å²) in [4.78, 5) is 0. The number of unbranched alkanes of at least 4 members (excludes halogenated alkanes) is 1. The highest BCUT2D eigenvalue weighted by Crippen LogP contribution is 2.28. The standard InChI is InChI=1S/C14H26N2/c1-2-3-5-10-14(16-15)12-11-13-8-6-4-7-9-13/h1,13-14,16H,3-12,15H2. The lowest BCUT2D eigenvalue weighted by Crippen LogP contribution is -2.35. The molecule has 0 aromatic rings. The molecule has 0 spiro atoms. The molecule has 0 aliphatic heterocycles. The molecule has 0 bridgehead atoms. The zero-order valence-electron chi connectivity index (χ0n) is 10.4. The zero-order chi connectivity index (χ0) is 11.6. The molecule has 2 heteroatoms. The molecule has 2 nitrogen and oxygen atoms in total. The number of hydrazine groups is 1. The van der Waals surface area contributed by atoms with Crippen LogP contribution in [0.2, 0.25) is 0 Å². The number of nitrogens with one attached hydrogen (secondary N) is 1. The van der Waals surface area contributed by atoms with E-state index in [9.17, 15) is 0 Å². The van der Waals surface area contributed by atoms with Crippen molar-refractivity contribution in [2.45, 2.75) is 70.3 Å². The number of rotatable bonds is 7. The third kappa shape index (κ3) is 5.53. The van der Waals surface area contributed by atoms with Crippen molar-refractivity contribution in [2.75, 3.05) is 0 Å². The predicted molar refractivity (Wildman–Crippen MR) is 69.6 cm³/mol. The first-order chi connectivity index (χ1) is 7.86. The van der Waals surface area contributed by atoms with E-state index in [2.05, 4.69) is 11.3 Å². The van der Waals surface area contributed by atoms with Gasteiger partial charge in [-0.15, -0.1) is 12.3 Å². The zero-order valence-corrected chi connectivity index (χ0v) is 10.4. The lowest BCUT2D eigenvalue weighted by Gasteiger charge is -2.23. The van der Waals surface area contributed by atoms with Crippen molar-refractivity contribution in [1.29, 1.82) is 0 Å². The second-order valence-corrected chi connectivity index (χ2v) is 5.04. The van der Waals surface area contributed by atoms with Crippen LogP contribution in [0.25, 0.3) is 0 Å². The minimum absolute atomic E-state index is 0.468. The Morgan fingerprint density at radius 1 is 1.25 bits per heavy atom. The van der Waals surface area contributed by atoms with Crippen molar-refractivity contribution >= 4 is 0 Å². The van der Waals surface area contributed by atoms with E-state index in [0.29, 0.717) is 6.04 Å². The number of hydrogen-bond acceptors (Lipinski definition) is 2. The summed E-state index contributed by atoms with van der Waals surface area (Å²) < 4.78 is 0. The molecule has 1 unspecified atom stereocenters. The summed E-state index contributed by atoms with van der Waals surface area (Å²) in [6, 6.07) is 0.468. The third-order valence-electron chi connectivity index (χ3n) is 3.76. The van der Waals surface area contributed by atoms with E-state index in [0.717, 1.165) is 25.2 Å². The van der Waals surface area contributed by atoms with Gasteiger partial charge in [-0.2, -0.15) is 0 Å². The van der Waals surface area contributed by atoms with E-state index >= 15 is 0 Å². The molecule has 1 fully saturated rings. The topological polar surface area (TPSA) is 38.0 Å². The summed E-state index contributed by atoms with van der Waals surface area (Å²) >= 11 is 0. The highest BCUT2D eigenvalue weighted by Gasteiger charge is 2.15. The van der Waals surface area contributed by atoms with Crippen LogP contribution in [0.15, 0.2) is 0 Å². The predicted octanol–water partition coefficient (Wildman–Crippen LogP) is 2.98. The average Bonchev–Trinajstić information content (AvgIpc) is 2.35. The van der Waals surface area contributed by atoms with Crippen LogP contribution in [0.5, 0.6) is 0 Å². The van der Waals surface area contributed by atoms with Crippen molar-refractivity contribution in [1.82, 2.24) is 5.43 Å². The maximum absolute atomic E-state index is 5.57. The molecule has 1 saturated carbocycles. The largest absolute Gasteiger partial charge is 0.271 e. The third-order valence-corrected chi connectivity index (χ3v) is 3.76. The molecule has 0 aromatic carbocycles. The molecular weight excluding hydrogens is 196 g/mol. The summed E-state index contributed by atoms with van der Waals surface area (Å²) in [5.74, 6) is 9.21. The van der Waals surface area contributed by atoms with E-state index in [1.54, 1.807) is 0 Å². The van der Waals surface area contributed by atoms with Gasteiger partial charge in [0.25, 0.3) is 0 Å².